The van der Waals surface area contributed by atoms with Gasteiger partial charge in [-0.2, -0.15) is 0 Å². The van der Waals surface area contributed by atoms with Gasteiger partial charge in [-0.05, 0) is 19.1 Å². The Kier molecular flexibility index (Phi) is 3.03. The molecule has 6 nitrogen and oxygen atoms in total. The molecule has 0 unspecified atom stereocenters. The van der Waals surface area contributed by atoms with Crippen molar-refractivity contribution in [1.82, 2.24) is 15.2 Å². The molecule has 0 amide bonds. The number of ether oxygens (including phenoxy) is 1. The van der Waals surface area contributed by atoms with Crippen LogP contribution in [-0.4, -0.2) is 23.6 Å². The van der Waals surface area contributed by atoms with E-state index in [-0.39, 0.29) is 16.7 Å². The molecule has 8 heteroatoms. The molecule has 1 N–H and O–H groups in total. The van der Waals surface area contributed by atoms with Crippen molar-refractivity contribution in [2.45, 2.75) is 11.8 Å². The number of halogens is 1. The van der Waals surface area contributed by atoms with Crippen LogP contribution >= 0.6 is 10.7 Å². The average Bonchev–Trinajstić information content (AvgIpc) is 2.63. The van der Waals surface area contributed by atoms with Crippen molar-refractivity contribution >= 4 is 19.7 Å². The average molecular weight is 274 g/mol. The predicted molar refractivity (Wildman–Crippen MR) is 60.7 cm³/mol. The number of nitrogens with one attached hydrogen (secondary N) is 1. The molecule has 0 aliphatic rings. The Labute approximate surface area is 102 Å². The minimum Gasteiger partial charge on any atom is -0.418 e. The summed E-state index contributed by atoms with van der Waals surface area (Å²) in [6.45, 7) is 1.79. The maximum Gasteiger partial charge on any atom is 0.266 e. The van der Waals surface area contributed by atoms with Crippen molar-refractivity contribution < 1.29 is 13.2 Å². The third-order valence-electron chi connectivity index (χ3n) is 1.88. The highest BCUT2D eigenvalue weighted by Crippen LogP contribution is 2.27. The van der Waals surface area contributed by atoms with Crippen molar-refractivity contribution in [1.29, 1.82) is 0 Å². The molecule has 0 aliphatic heterocycles. The summed E-state index contributed by atoms with van der Waals surface area (Å²) in [5.41, 5.74) is 0.784. The number of aryl methyl sites for hydroxylation is 1. The molecule has 2 aromatic heterocycles. The summed E-state index contributed by atoms with van der Waals surface area (Å²) in [4.78, 5) is 3.62. The fraction of sp³-hybridized carbons (Fsp3) is 0.111. The van der Waals surface area contributed by atoms with E-state index in [2.05, 4.69) is 15.2 Å². The van der Waals surface area contributed by atoms with Crippen LogP contribution in [0.3, 0.4) is 0 Å². The lowest BCUT2D eigenvalue weighted by Gasteiger charge is -2.04. The Morgan fingerprint density at radius 2 is 2.24 bits per heavy atom. The van der Waals surface area contributed by atoms with Gasteiger partial charge in [0.1, 0.15) is 4.90 Å². The van der Waals surface area contributed by atoms with Crippen molar-refractivity contribution in [3.63, 3.8) is 0 Å². The van der Waals surface area contributed by atoms with E-state index in [0.29, 0.717) is 0 Å². The number of hydrogen-bond acceptors (Lipinski definition) is 5. The SMILES string of the molecule is Cc1cc(Oc2ncccc2S(=O)(=O)Cl)n[nH]1. The maximum atomic E-state index is 11.3. The highest BCUT2D eigenvalue weighted by atomic mass is 35.7. The van der Waals surface area contributed by atoms with E-state index in [1.54, 1.807) is 13.0 Å². The standard InChI is InChI=1S/C9H8ClN3O3S/c1-6-5-8(13-12-6)16-9-7(17(10,14)15)3-2-4-11-9/h2-5H,1H3,(H,12,13). The molecule has 0 aromatic carbocycles. The normalized spacial score (nSPS) is 11.4. The summed E-state index contributed by atoms with van der Waals surface area (Å²) in [6.07, 6.45) is 1.40. The third-order valence-corrected chi connectivity index (χ3v) is 3.22. The predicted octanol–water partition coefficient (Wildman–Crippen LogP) is 1.83. The van der Waals surface area contributed by atoms with Gasteiger partial charge in [0.25, 0.3) is 9.05 Å². The minimum absolute atomic E-state index is 0.103. The zero-order valence-corrected chi connectivity index (χ0v) is 10.3. The van der Waals surface area contributed by atoms with Gasteiger partial charge in [-0.15, -0.1) is 5.10 Å². The third kappa shape index (κ3) is 2.75. The molecule has 17 heavy (non-hydrogen) atoms. The smallest absolute Gasteiger partial charge is 0.266 e. The zero-order valence-electron chi connectivity index (χ0n) is 8.71. The quantitative estimate of drug-likeness (QED) is 0.863. The molecule has 0 saturated heterocycles. The number of aromatic amines is 1. The summed E-state index contributed by atoms with van der Waals surface area (Å²) in [5, 5.41) is 6.47. The van der Waals surface area contributed by atoms with Crippen LogP contribution in [0.4, 0.5) is 0 Å². The van der Waals surface area contributed by atoms with Crippen LogP contribution < -0.4 is 4.74 Å². The van der Waals surface area contributed by atoms with Gasteiger partial charge >= 0.3 is 0 Å². The van der Waals surface area contributed by atoms with E-state index in [1.807, 2.05) is 0 Å². The van der Waals surface area contributed by atoms with Crippen LogP contribution in [0, 0.1) is 6.92 Å². The molecule has 0 fully saturated rings. The Morgan fingerprint density at radius 3 is 2.82 bits per heavy atom. The fourth-order valence-corrected chi connectivity index (χ4v) is 2.08. The van der Waals surface area contributed by atoms with E-state index < -0.39 is 9.05 Å². The molecule has 0 radical (unpaired) electrons. The second-order valence-electron chi connectivity index (χ2n) is 3.24. The topological polar surface area (TPSA) is 84.9 Å². The highest BCUT2D eigenvalue weighted by molar-refractivity contribution is 8.13. The first-order valence-electron chi connectivity index (χ1n) is 4.56. The van der Waals surface area contributed by atoms with E-state index in [9.17, 15) is 8.42 Å². The number of rotatable bonds is 3. The number of aromatic nitrogens is 3. The lowest BCUT2D eigenvalue weighted by Crippen LogP contribution is -1.97. The summed E-state index contributed by atoms with van der Waals surface area (Å²) in [7, 11) is 1.36. The van der Waals surface area contributed by atoms with E-state index >= 15 is 0 Å². The molecular formula is C9H8ClN3O3S. The molecule has 2 heterocycles. The molecule has 0 spiro atoms. The van der Waals surface area contributed by atoms with Crippen molar-refractivity contribution in [2.24, 2.45) is 0 Å². The summed E-state index contributed by atoms with van der Waals surface area (Å²) < 4.78 is 27.8. The van der Waals surface area contributed by atoms with Crippen LogP contribution in [0.25, 0.3) is 0 Å². The largest absolute Gasteiger partial charge is 0.418 e. The second-order valence-corrected chi connectivity index (χ2v) is 5.77. The van der Waals surface area contributed by atoms with Crippen molar-refractivity contribution in [3.05, 3.63) is 30.1 Å². The van der Waals surface area contributed by atoms with Crippen LogP contribution in [0.5, 0.6) is 11.8 Å². The van der Waals surface area contributed by atoms with Crippen LogP contribution in [0.15, 0.2) is 29.3 Å². The van der Waals surface area contributed by atoms with Crippen molar-refractivity contribution in [2.75, 3.05) is 0 Å². The van der Waals surface area contributed by atoms with E-state index in [4.69, 9.17) is 15.4 Å². The Balaban J connectivity index is 2.40. The summed E-state index contributed by atoms with van der Waals surface area (Å²) in [5.74, 6) is 0.122. The highest BCUT2D eigenvalue weighted by Gasteiger charge is 2.18. The molecule has 0 saturated carbocycles. The van der Waals surface area contributed by atoms with Gasteiger partial charge in [-0.3, -0.25) is 5.10 Å². The molecule has 0 aliphatic carbocycles. The molecule has 0 atom stereocenters. The van der Waals surface area contributed by atoms with Crippen LogP contribution in [-0.2, 0) is 9.05 Å². The molecule has 90 valence electrons. The fourth-order valence-electron chi connectivity index (χ4n) is 1.18. The lowest BCUT2D eigenvalue weighted by molar-refractivity contribution is 0.430. The number of H-pyrrole nitrogens is 1. The van der Waals surface area contributed by atoms with E-state index in [0.717, 1.165) is 5.69 Å². The lowest BCUT2D eigenvalue weighted by atomic mass is 10.5. The molecule has 2 rings (SSSR count). The second kappa shape index (κ2) is 4.34. The van der Waals surface area contributed by atoms with Gasteiger partial charge in [-0.1, -0.05) is 0 Å². The van der Waals surface area contributed by atoms with Gasteiger partial charge < -0.3 is 4.74 Å². The number of pyridine rings is 1. The first-order valence-corrected chi connectivity index (χ1v) is 6.87. The first-order chi connectivity index (χ1) is 7.97. The minimum atomic E-state index is -3.90. The van der Waals surface area contributed by atoms with Crippen LogP contribution in [0.2, 0.25) is 0 Å². The maximum absolute atomic E-state index is 11.3. The molecule has 0 bridgehead atoms. The molecule has 2 aromatic rings. The zero-order chi connectivity index (χ0) is 12.5. The van der Waals surface area contributed by atoms with Gasteiger partial charge in [0.05, 0.1) is 0 Å². The number of hydrogen-bond donors (Lipinski definition) is 1. The number of nitrogens with zero attached hydrogens (tertiary/aromatic N) is 2. The van der Waals surface area contributed by atoms with Gasteiger partial charge in [0.15, 0.2) is 0 Å². The Hall–Kier alpha value is -1.60. The van der Waals surface area contributed by atoms with E-state index in [1.165, 1.54) is 18.3 Å². The van der Waals surface area contributed by atoms with Crippen molar-refractivity contribution in [3.8, 4) is 11.8 Å². The van der Waals surface area contributed by atoms with Gasteiger partial charge in [0, 0.05) is 28.6 Å². The summed E-state index contributed by atoms with van der Waals surface area (Å²) >= 11 is 0. The van der Waals surface area contributed by atoms with Gasteiger partial charge in [0.2, 0.25) is 11.8 Å². The summed E-state index contributed by atoms with van der Waals surface area (Å²) in [6, 6.07) is 4.38. The van der Waals surface area contributed by atoms with Gasteiger partial charge in [-0.25, -0.2) is 13.4 Å². The Bertz CT molecular complexity index is 638. The first kappa shape index (κ1) is 11.9. The van der Waals surface area contributed by atoms with Crippen LogP contribution in [0.1, 0.15) is 5.69 Å². The molecular weight excluding hydrogens is 266 g/mol. The monoisotopic (exact) mass is 273 g/mol. The Morgan fingerprint density at radius 1 is 1.47 bits per heavy atom.